The summed E-state index contributed by atoms with van der Waals surface area (Å²) >= 11 is 0. The molecule has 0 fully saturated rings. The Morgan fingerprint density at radius 3 is 2.75 bits per heavy atom. The van der Waals surface area contributed by atoms with Crippen LogP contribution in [0.5, 0.6) is 11.6 Å². The quantitative estimate of drug-likeness (QED) is 0.800. The second-order valence-corrected chi connectivity index (χ2v) is 5.81. The van der Waals surface area contributed by atoms with Gasteiger partial charge in [-0.25, -0.2) is 4.98 Å². The number of ether oxygens (including phenoxy) is 1. The summed E-state index contributed by atoms with van der Waals surface area (Å²) in [7, 11) is 1.91. The Balaban J connectivity index is 2.04. The van der Waals surface area contributed by atoms with Crippen molar-refractivity contribution in [1.29, 1.82) is 5.26 Å². The van der Waals surface area contributed by atoms with Crippen molar-refractivity contribution < 1.29 is 4.74 Å². The van der Waals surface area contributed by atoms with E-state index in [2.05, 4.69) is 11.1 Å². The fourth-order valence-electron chi connectivity index (χ4n) is 2.53. The van der Waals surface area contributed by atoms with Crippen LogP contribution in [0.3, 0.4) is 0 Å². The fourth-order valence-corrected chi connectivity index (χ4v) is 2.53. The molecule has 0 aliphatic heterocycles. The first-order chi connectivity index (χ1) is 11.5. The molecule has 3 aromatic rings. The van der Waals surface area contributed by atoms with Gasteiger partial charge in [0.2, 0.25) is 5.88 Å². The molecule has 0 radical (unpaired) electrons. The van der Waals surface area contributed by atoms with Crippen LogP contribution in [0.1, 0.15) is 22.6 Å². The van der Waals surface area contributed by atoms with Gasteiger partial charge < -0.3 is 15.0 Å². The number of rotatable bonds is 4. The van der Waals surface area contributed by atoms with Crippen molar-refractivity contribution >= 4 is 5.69 Å². The summed E-state index contributed by atoms with van der Waals surface area (Å²) in [6.45, 7) is 4.38. The Kier molecular flexibility index (Phi) is 4.00. The van der Waals surface area contributed by atoms with Gasteiger partial charge in [0.05, 0.1) is 12.2 Å². The third-order valence-electron chi connectivity index (χ3n) is 3.96. The molecule has 1 aromatic carbocycles. The molecular formula is C18H19N5O. The molecule has 6 nitrogen and oxygen atoms in total. The molecule has 0 saturated carbocycles. The number of anilines is 1. The number of nitrogens with zero attached hydrogens (tertiary/aromatic N) is 4. The second-order valence-electron chi connectivity index (χ2n) is 5.81. The third-order valence-corrected chi connectivity index (χ3v) is 3.96. The van der Waals surface area contributed by atoms with Crippen molar-refractivity contribution in [1.82, 2.24) is 14.1 Å². The van der Waals surface area contributed by atoms with Crippen molar-refractivity contribution in [3.63, 3.8) is 0 Å². The van der Waals surface area contributed by atoms with Gasteiger partial charge in [0.1, 0.15) is 23.3 Å². The summed E-state index contributed by atoms with van der Waals surface area (Å²) in [5.41, 5.74) is 9.07. The lowest BCUT2D eigenvalue weighted by Gasteiger charge is -2.14. The first-order valence-corrected chi connectivity index (χ1v) is 7.60. The molecule has 0 bridgehead atoms. The Bertz CT molecular complexity index is 930. The third kappa shape index (κ3) is 2.84. The van der Waals surface area contributed by atoms with Gasteiger partial charge >= 0.3 is 0 Å². The number of nitriles is 1. The number of hydrogen-bond donors (Lipinski definition) is 1. The molecule has 2 aromatic heterocycles. The van der Waals surface area contributed by atoms with Gasteiger partial charge in [-0.3, -0.25) is 4.57 Å². The monoisotopic (exact) mass is 321 g/mol. The van der Waals surface area contributed by atoms with Crippen LogP contribution in [0.2, 0.25) is 0 Å². The summed E-state index contributed by atoms with van der Waals surface area (Å²) in [6, 6.07) is 9.78. The van der Waals surface area contributed by atoms with Gasteiger partial charge in [0.15, 0.2) is 0 Å². The first-order valence-electron chi connectivity index (χ1n) is 7.60. The zero-order valence-corrected chi connectivity index (χ0v) is 13.9. The lowest BCUT2D eigenvalue weighted by molar-refractivity contribution is 0.431. The van der Waals surface area contributed by atoms with E-state index in [0.29, 0.717) is 23.8 Å². The van der Waals surface area contributed by atoms with Crippen LogP contribution in [0.15, 0.2) is 36.7 Å². The van der Waals surface area contributed by atoms with E-state index in [0.717, 1.165) is 22.7 Å². The first kappa shape index (κ1) is 15.7. The molecule has 0 amide bonds. The van der Waals surface area contributed by atoms with Crippen molar-refractivity contribution in [2.45, 2.75) is 20.4 Å². The number of benzene rings is 1. The molecule has 0 spiro atoms. The van der Waals surface area contributed by atoms with Gasteiger partial charge in [-0.05, 0) is 31.0 Å². The average molecular weight is 321 g/mol. The number of nitrogen functional groups attached to an aromatic ring is 1. The van der Waals surface area contributed by atoms with Crippen molar-refractivity contribution in [2.24, 2.45) is 7.05 Å². The highest BCUT2D eigenvalue weighted by molar-refractivity contribution is 5.57. The van der Waals surface area contributed by atoms with E-state index >= 15 is 0 Å². The molecule has 2 heterocycles. The molecular weight excluding hydrogens is 302 g/mol. The number of imidazole rings is 1. The summed E-state index contributed by atoms with van der Waals surface area (Å²) < 4.78 is 9.72. The van der Waals surface area contributed by atoms with E-state index in [-0.39, 0.29) is 0 Å². The average Bonchev–Trinajstić information content (AvgIpc) is 3.08. The smallest absolute Gasteiger partial charge is 0.224 e. The number of aromatic nitrogens is 3. The molecule has 3 rings (SSSR count). The molecule has 0 atom stereocenters. The minimum atomic E-state index is 0.407. The topological polar surface area (TPSA) is 81.8 Å². The predicted molar refractivity (Wildman–Crippen MR) is 91.9 cm³/mol. The molecule has 0 aliphatic rings. The standard InChI is InChI=1S/C18H19N5O/c1-12-4-5-13(2)16(8-12)24-18-15(20)9-14(10-19)23(18)11-17-21-6-7-22(17)3/h4-9H,11,20H2,1-3H3. The van der Waals surface area contributed by atoms with Gasteiger partial charge in [0, 0.05) is 25.5 Å². The Labute approximate surface area is 140 Å². The van der Waals surface area contributed by atoms with Crippen LogP contribution in [0.25, 0.3) is 0 Å². The van der Waals surface area contributed by atoms with E-state index < -0.39 is 0 Å². The number of hydrogen-bond acceptors (Lipinski definition) is 4. The van der Waals surface area contributed by atoms with Crippen molar-refractivity contribution in [3.8, 4) is 17.7 Å². The highest BCUT2D eigenvalue weighted by Crippen LogP contribution is 2.33. The van der Waals surface area contributed by atoms with Crippen molar-refractivity contribution in [2.75, 3.05) is 5.73 Å². The maximum atomic E-state index is 9.41. The summed E-state index contributed by atoms with van der Waals surface area (Å²) in [5.74, 6) is 2.00. The predicted octanol–water partition coefficient (Wildman–Crippen LogP) is 3.13. The van der Waals surface area contributed by atoms with Gasteiger partial charge in [0.25, 0.3) is 0 Å². The SMILES string of the molecule is Cc1ccc(C)c(Oc2c(N)cc(C#N)n2Cc2nccn2C)c1. The maximum Gasteiger partial charge on any atom is 0.224 e. The number of nitrogens with two attached hydrogens (primary N) is 1. The molecule has 0 saturated heterocycles. The molecule has 0 aliphatic carbocycles. The lowest BCUT2D eigenvalue weighted by Crippen LogP contribution is -2.09. The van der Waals surface area contributed by atoms with Crippen LogP contribution in [-0.4, -0.2) is 14.1 Å². The minimum Gasteiger partial charge on any atom is -0.438 e. The Morgan fingerprint density at radius 1 is 1.29 bits per heavy atom. The van der Waals surface area contributed by atoms with Crippen molar-refractivity contribution in [3.05, 3.63) is 59.3 Å². The summed E-state index contributed by atoms with van der Waals surface area (Å²) in [4.78, 5) is 4.31. The van der Waals surface area contributed by atoms with Crippen LogP contribution in [-0.2, 0) is 13.6 Å². The Hall–Kier alpha value is -3.20. The van der Waals surface area contributed by atoms with Crippen LogP contribution >= 0.6 is 0 Å². The number of aryl methyl sites for hydroxylation is 3. The normalized spacial score (nSPS) is 10.6. The zero-order valence-electron chi connectivity index (χ0n) is 13.9. The second kappa shape index (κ2) is 6.13. The summed E-state index contributed by atoms with van der Waals surface area (Å²) in [6.07, 6.45) is 3.58. The molecule has 122 valence electrons. The van der Waals surface area contributed by atoms with Gasteiger partial charge in [-0.15, -0.1) is 0 Å². The van der Waals surface area contributed by atoms with E-state index in [9.17, 15) is 5.26 Å². The van der Waals surface area contributed by atoms with Crippen LogP contribution in [0.4, 0.5) is 5.69 Å². The maximum absolute atomic E-state index is 9.41. The van der Waals surface area contributed by atoms with E-state index in [4.69, 9.17) is 10.5 Å². The van der Waals surface area contributed by atoms with Crippen LogP contribution < -0.4 is 10.5 Å². The van der Waals surface area contributed by atoms with Gasteiger partial charge in [-0.2, -0.15) is 5.26 Å². The summed E-state index contributed by atoms with van der Waals surface area (Å²) in [5, 5.41) is 9.41. The van der Waals surface area contributed by atoms with E-state index in [1.807, 2.05) is 49.9 Å². The Morgan fingerprint density at radius 2 is 2.08 bits per heavy atom. The lowest BCUT2D eigenvalue weighted by atomic mass is 10.1. The van der Waals surface area contributed by atoms with Crippen LogP contribution in [0, 0.1) is 25.2 Å². The largest absolute Gasteiger partial charge is 0.438 e. The van der Waals surface area contributed by atoms with Gasteiger partial charge in [-0.1, -0.05) is 12.1 Å². The molecule has 2 N–H and O–H groups in total. The molecule has 6 heteroatoms. The minimum absolute atomic E-state index is 0.407. The fraction of sp³-hybridized carbons (Fsp3) is 0.222. The molecule has 0 unspecified atom stereocenters. The highest BCUT2D eigenvalue weighted by atomic mass is 16.5. The van der Waals surface area contributed by atoms with E-state index in [1.165, 1.54) is 0 Å². The highest BCUT2D eigenvalue weighted by Gasteiger charge is 2.18. The zero-order chi connectivity index (χ0) is 17.3. The van der Waals surface area contributed by atoms with E-state index in [1.54, 1.807) is 16.8 Å². The molecule has 24 heavy (non-hydrogen) atoms.